The maximum Gasteiger partial charge on any atom is 0.281 e. The minimum absolute atomic E-state index is 0.138. The van der Waals surface area contributed by atoms with Gasteiger partial charge in [0.25, 0.3) is 12.3 Å². The number of fused-ring (bicyclic) bond motifs is 1. The van der Waals surface area contributed by atoms with Crippen molar-refractivity contribution in [2.45, 2.75) is 19.3 Å². The molecule has 7 nitrogen and oxygen atoms in total. The molecule has 1 aromatic carbocycles. The zero-order valence-corrected chi connectivity index (χ0v) is 16.7. The minimum Gasteiger partial charge on any atom is -0.460 e. The maximum atomic E-state index is 13.5. The summed E-state index contributed by atoms with van der Waals surface area (Å²) in [5.41, 5.74) is -0.0687. The fourth-order valence-corrected chi connectivity index (χ4v) is 3.66. The van der Waals surface area contributed by atoms with Crippen molar-refractivity contribution in [3.63, 3.8) is 0 Å². The first kappa shape index (κ1) is 20.9. The molecule has 0 spiro atoms. The van der Waals surface area contributed by atoms with E-state index in [1.807, 2.05) is 6.07 Å². The summed E-state index contributed by atoms with van der Waals surface area (Å²) in [4.78, 5) is 20.5. The highest BCUT2D eigenvalue weighted by atomic mass is 19.3. The Balaban J connectivity index is 1.79. The highest BCUT2D eigenvalue weighted by Gasteiger charge is 2.39. The number of anilines is 1. The second kappa shape index (κ2) is 8.40. The van der Waals surface area contributed by atoms with Crippen LogP contribution in [0, 0.1) is 28.6 Å². The monoisotopic (exact) mass is 431 g/mol. The van der Waals surface area contributed by atoms with Gasteiger partial charge < -0.3 is 9.73 Å². The molecule has 0 saturated heterocycles. The second-order valence-electron chi connectivity index (χ2n) is 7.09. The van der Waals surface area contributed by atoms with E-state index in [1.54, 1.807) is 42.5 Å². The maximum absolute atomic E-state index is 13.5. The Morgan fingerprint density at radius 2 is 1.97 bits per heavy atom. The number of benzene rings is 1. The number of aromatic nitrogens is 1. The fraction of sp³-hybridized carbons (Fsp3) is 0.174. The van der Waals surface area contributed by atoms with Gasteiger partial charge in [-0.05, 0) is 31.2 Å². The lowest BCUT2D eigenvalue weighted by Gasteiger charge is -2.25. The van der Waals surface area contributed by atoms with Crippen LogP contribution < -0.4 is 5.32 Å². The Hall–Kier alpha value is -4.37. The number of carbonyl (C=O) groups is 1. The first-order valence-electron chi connectivity index (χ1n) is 9.56. The lowest BCUT2D eigenvalue weighted by Crippen LogP contribution is -2.26. The molecule has 158 valence electrons. The van der Waals surface area contributed by atoms with Gasteiger partial charge in [0, 0.05) is 17.5 Å². The summed E-state index contributed by atoms with van der Waals surface area (Å²) in [7, 11) is 0. The van der Waals surface area contributed by atoms with Gasteiger partial charge >= 0.3 is 0 Å². The van der Waals surface area contributed by atoms with Gasteiger partial charge in [0.15, 0.2) is 0 Å². The van der Waals surface area contributed by atoms with Crippen LogP contribution in [0.25, 0.3) is 11.0 Å². The molecule has 0 bridgehead atoms. The molecule has 3 heterocycles. The van der Waals surface area contributed by atoms with Crippen LogP contribution in [-0.4, -0.2) is 23.0 Å². The Kier molecular flexibility index (Phi) is 5.48. The van der Waals surface area contributed by atoms with Crippen LogP contribution in [0.15, 0.2) is 69.3 Å². The van der Waals surface area contributed by atoms with E-state index in [2.05, 4.69) is 15.3 Å². The van der Waals surface area contributed by atoms with E-state index >= 15 is 0 Å². The van der Waals surface area contributed by atoms with Crippen LogP contribution in [0.3, 0.4) is 0 Å². The van der Waals surface area contributed by atoms with Crippen molar-refractivity contribution in [2.24, 2.45) is 10.9 Å². The van der Waals surface area contributed by atoms with Gasteiger partial charge in [0.05, 0.1) is 34.9 Å². The zero-order valence-electron chi connectivity index (χ0n) is 16.7. The number of hydrogen-bond acceptors (Lipinski definition) is 6. The number of halogens is 2. The number of nitriles is 2. The van der Waals surface area contributed by atoms with Crippen molar-refractivity contribution in [2.75, 3.05) is 5.32 Å². The standard InChI is InChI=1S/C23H15F2N5O2/c1-12-15(10-26)19(16(11-27)20(29-12)21(24)25)18-9-14-17(32-18)7-8-28-22(14)30-23(31)13-5-3-2-4-6-13/h2-9,15,19,21H,1H3,(H,28,30,31). The molecule has 1 N–H and O–H groups in total. The quantitative estimate of drug-likeness (QED) is 0.636. The Morgan fingerprint density at radius 3 is 2.62 bits per heavy atom. The van der Waals surface area contributed by atoms with E-state index in [-0.39, 0.29) is 28.8 Å². The molecule has 0 saturated carbocycles. The molecule has 1 amide bonds. The Labute approximate surface area is 181 Å². The third-order valence-corrected chi connectivity index (χ3v) is 5.17. The van der Waals surface area contributed by atoms with Crippen LogP contribution in [-0.2, 0) is 0 Å². The Bertz CT molecular complexity index is 1350. The number of alkyl halides is 2. The smallest absolute Gasteiger partial charge is 0.281 e. The van der Waals surface area contributed by atoms with Crippen molar-refractivity contribution < 1.29 is 18.0 Å². The molecular formula is C23H15F2N5O2. The van der Waals surface area contributed by atoms with E-state index < -0.39 is 24.0 Å². The number of pyridine rings is 1. The summed E-state index contributed by atoms with van der Waals surface area (Å²) in [6, 6.07) is 15.4. The summed E-state index contributed by atoms with van der Waals surface area (Å²) in [6.45, 7) is 1.47. The first-order valence-corrected chi connectivity index (χ1v) is 9.56. The normalized spacial score (nSPS) is 18.2. The zero-order chi connectivity index (χ0) is 22.8. The van der Waals surface area contributed by atoms with Crippen LogP contribution in [0.4, 0.5) is 14.6 Å². The average molecular weight is 431 g/mol. The average Bonchev–Trinajstić information content (AvgIpc) is 3.23. The molecule has 0 fully saturated rings. The highest BCUT2D eigenvalue weighted by Crippen LogP contribution is 2.42. The van der Waals surface area contributed by atoms with Crippen LogP contribution >= 0.6 is 0 Å². The van der Waals surface area contributed by atoms with Crippen molar-refractivity contribution in [1.29, 1.82) is 10.5 Å². The molecule has 4 rings (SSSR count). The number of rotatable bonds is 4. The van der Waals surface area contributed by atoms with E-state index in [1.165, 1.54) is 19.2 Å². The summed E-state index contributed by atoms with van der Waals surface area (Å²) in [5.74, 6) is -2.06. The molecule has 1 aliphatic rings. The van der Waals surface area contributed by atoms with Crippen molar-refractivity contribution in [1.82, 2.24) is 4.98 Å². The summed E-state index contributed by atoms with van der Waals surface area (Å²) in [6.07, 6.45) is -1.55. The summed E-state index contributed by atoms with van der Waals surface area (Å²) in [5, 5.41) is 22.4. The number of hydrogen-bond donors (Lipinski definition) is 1. The first-order chi connectivity index (χ1) is 15.4. The molecule has 9 heteroatoms. The Morgan fingerprint density at radius 1 is 1.22 bits per heavy atom. The van der Waals surface area contributed by atoms with Gasteiger partial charge in [-0.3, -0.25) is 9.79 Å². The van der Waals surface area contributed by atoms with Gasteiger partial charge in [0.2, 0.25) is 0 Å². The number of allylic oxidation sites excluding steroid dienone is 2. The number of furan rings is 1. The number of carbonyl (C=O) groups excluding carboxylic acids is 1. The van der Waals surface area contributed by atoms with E-state index in [0.717, 1.165) is 0 Å². The molecule has 0 radical (unpaired) electrons. The number of nitrogens with one attached hydrogen (secondary N) is 1. The minimum atomic E-state index is -2.98. The van der Waals surface area contributed by atoms with Crippen LogP contribution in [0.1, 0.15) is 29.0 Å². The second-order valence-corrected chi connectivity index (χ2v) is 7.09. The van der Waals surface area contributed by atoms with Gasteiger partial charge in [0.1, 0.15) is 22.9 Å². The lowest BCUT2D eigenvalue weighted by molar-refractivity contribution is 0.102. The van der Waals surface area contributed by atoms with Gasteiger partial charge in [-0.25, -0.2) is 13.8 Å². The molecule has 3 aromatic rings. The molecule has 0 aliphatic carbocycles. The van der Waals surface area contributed by atoms with E-state index in [0.29, 0.717) is 16.5 Å². The largest absolute Gasteiger partial charge is 0.460 e. The van der Waals surface area contributed by atoms with E-state index in [4.69, 9.17) is 4.42 Å². The van der Waals surface area contributed by atoms with Crippen LogP contribution in [0.5, 0.6) is 0 Å². The summed E-state index contributed by atoms with van der Waals surface area (Å²) >= 11 is 0. The third kappa shape index (κ3) is 3.61. The molecule has 2 unspecified atom stereocenters. The van der Waals surface area contributed by atoms with Gasteiger partial charge in [-0.1, -0.05) is 18.2 Å². The molecule has 2 aromatic heterocycles. The number of aliphatic imine (C=N–C) groups is 1. The highest BCUT2D eigenvalue weighted by molar-refractivity contribution is 6.07. The number of amides is 1. The predicted octanol–water partition coefficient (Wildman–Crippen LogP) is 4.82. The van der Waals surface area contributed by atoms with Gasteiger partial charge in [-0.15, -0.1) is 0 Å². The number of nitrogens with zero attached hydrogens (tertiary/aromatic N) is 4. The molecular weight excluding hydrogens is 416 g/mol. The van der Waals surface area contributed by atoms with Crippen molar-refractivity contribution in [3.05, 3.63) is 71.3 Å². The molecule has 1 aliphatic heterocycles. The van der Waals surface area contributed by atoms with Gasteiger partial charge in [-0.2, -0.15) is 10.5 Å². The summed E-state index contributed by atoms with van der Waals surface area (Å²) < 4.78 is 32.9. The molecule has 2 atom stereocenters. The van der Waals surface area contributed by atoms with Crippen LogP contribution in [0.2, 0.25) is 0 Å². The predicted molar refractivity (Wildman–Crippen MR) is 112 cm³/mol. The topological polar surface area (TPSA) is 115 Å². The lowest BCUT2D eigenvalue weighted by atomic mass is 9.79. The molecule has 32 heavy (non-hydrogen) atoms. The fourth-order valence-electron chi connectivity index (χ4n) is 3.66. The SMILES string of the molecule is CC1=NC(C(F)F)=C(C#N)C(c2cc3c(NC(=O)c4ccccc4)nccc3o2)C1C#N. The third-order valence-electron chi connectivity index (χ3n) is 5.17. The van der Waals surface area contributed by atoms with Crippen molar-refractivity contribution >= 4 is 28.4 Å². The van der Waals surface area contributed by atoms with E-state index in [9.17, 15) is 24.1 Å². The van der Waals surface area contributed by atoms with Crippen molar-refractivity contribution in [3.8, 4) is 12.1 Å².